The van der Waals surface area contributed by atoms with E-state index in [0.29, 0.717) is 21.2 Å². The maximum atomic E-state index is 13.2. The van der Waals surface area contributed by atoms with Crippen molar-refractivity contribution in [2.75, 3.05) is 4.90 Å². The Morgan fingerprint density at radius 3 is 1.88 bits per heavy atom. The van der Waals surface area contributed by atoms with Gasteiger partial charge in [0.15, 0.2) is 0 Å². The second-order valence-corrected chi connectivity index (χ2v) is 8.45. The van der Waals surface area contributed by atoms with Crippen LogP contribution in [0.15, 0.2) is 91.3 Å². The molecule has 3 aromatic carbocycles. The lowest BCUT2D eigenvalue weighted by Crippen LogP contribution is -2.29. The van der Waals surface area contributed by atoms with Crippen molar-refractivity contribution >= 4 is 52.1 Å². The van der Waals surface area contributed by atoms with E-state index in [1.54, 1.807) is 54.9 Å². The van der Waals surface area contributed by atoms with E-state index in [9.17, 15) is 9.59 Å². The quantitative estimate of drug-likeness (QED) is 0.304. The van der Waals surface area contributed by atoms with Crippen LogP contribution < -0.4 is 4.90 Å². The molecule has 0 fully saturated rings. The lowest BCUT2D eigenvalue weighted by Gasteiger charge is -2.26. The summed E-state index contributed by atoms with van der Waals surface area (Å²) >= 11 is 12.2. The van der Waals surface area contributed by atoms with E-state index < -0.39 is 0 Å². The number of benzene rings is 3. The number of rotatable bonds is 5. The molecule has 2 amide bonds. The van der Waals surface area contributed by atoms with Gasteiger partial charge < -0.3 is 4.90 Å². The van der Waals surface area contributed by atoms with E-state index in [-0.39, 0.29) is 18.4 Å². The number of imide groups is 1. The molecule has 0 spiro atoms. The highest BCUT2D eigenvalue weighted by Gasteiger charge is 2.36. The van der Waals surface area contributed by atoms with Gasteiger partial charge in [0.1, 0.15) is 0 Å². The maximum Gasteiger partial charge on any atom is 0.261 e. The Labute approximate surface area is 200 Å². The Morgan fingerprint density at radius 1 is 0.727 bits per heavy atom. The molecule has 0 atom stereocenters. The highest BCUT2D eigenvalue weighted by atomic mass is 35.5. The smallest absolute Gasteiger partial charge is 0.261 e. The predicted octanol–water partition coefficient (Wildman–Crippen LogP) is 6.65. The molecule has 0 unspecified atom stereocenters. The van der Waals surface area contributed by atoms with Gasteiger partial charge in [-0.1, -0.05) is 29.3 Å². The SMILES string of the molecule is O=C1c2ccc(N(c3ccc(Cl)cc3)c3ccc(Cl)cc3)cc2C(=O)N1Cc1cccnc1. The Bertz CT molecular complexity index is 1300. The van der Waals surface area contributed by atoms with Crippen LogP contribution in [0.4, 0.5) is 17.1 Å². The van der Waals surface area contributed by atoms with E-state index >= 15 is 0 Å². The van der Waals surface area contributed by atoms with Gasteiger partial charge >= 0.3 is 0 Å². The third-order valence-corrected chi connectivity index (χ3v) is 5.95. The van der Waals surface area contributed by atoms with Crippen molar-refractivity contribution in [3.8, 4) is 0 Å². The van der Waals surface area contributed by atoms with Gasteiger partial charge in [-0.2, -0.15) is 0 Å². The molecule has 33 heavy (non-hydrogen) atoms. The number of pyridine rings is 1. The monoisotopic (exact) mass is 473 g/mol. The van der Waals surface area contributed by atoms with Crippen molar-refractivity contribution in [1.29, 1.82) is 0 Å². The lowest BCUT2D eigenvalue weighted by molar-refractivity contribution is 0.0642. The zero-order valence-corrected chi connectivity index (χ0v) is 18.8. The Balaban J connectivity index is 1.55. The molecule has 7 heteroatoms. The number of carbonyl (C=O) groups is 2. The summed E-state index contributed by atoms with van der Waals surface area (Å²) < 4.78 is 0. The number of carbonyl (C=O) groups excluding carboxylic acids is 2. The molecule has 1 aliphatic rings. The van der Waals surface area contributed by atoms with Gasteiger partial charge in [-0.25, -0.2) is 0 Å². The van der Waals surface area contributed by atoms with E-state index in [1.165, 1.54) is 4.90 Å². The highest BCUT2D eigenvalue weighted by Crippen LogP contribution is 2.38. The molecule has 0 aliphatic carbocycles. The molecule has 0 N–H and O–H groups in total. The third kappa shape index (κ3) is 4.09. The predicted molar refractivity (Wildman–Crippen MR) is 130 cm³/mol. The molecule has 0 saturated carbocycles. The van der Waals surface area contributed by atoms with Gasteiger partial charge in [-0.15, -0.1) is 0 Å². The number of fused-ring (bicyclic) bond motifs is 1. The van der Waals surface area contributed by atoms with Gasteiger partial charge in [0.25, 0.3) is 11.8 Å². The summed E-state index contributed by atoms with van der Waals surface area (Å²) in [6.07, 6.45) is 3.30. The summed E-state index contributed by atoms with van der Waals surface area (Å²) in [7, 11) is 0. The molecule has 1 aliphatic heterocycles. The molecular weight excluding hydrogens is 457 g/mol. The minimum absolute atomic E-state index is 0.174. The molecule has 0 saturated heterocycles. The Morgan fingerprint density at radius 2 is 1.30 bits per heavy atom. The van der Waals surface area contributed by atoms with Crippen molar-refractivity contribution in [2.45, 2.75) is 6.54 Å². The molecule has 4 aromatic rings. The standard InChI is InChI=1S/C26H17Cl2N3O2/c27-18-3-7-20(8-4-18)31(21-9-5-19(28)6-10-21)22-11-12-23-24(14-22)26(33)30(25(23)32)16-17-2-1-13-29-15-17/h1-15H,16H2. The Hall–Kier alpha value is -3.67. The molecule has 0 radical (unpaired) electrons. The average molecular weight is 474 g/mol. The van der Waals surface area contributed by atoms with Crippen LogP contribution in [0.3, 0.4) is 0 Å². The van der Waals surface area contributed by atoms with Crippen molar-refractivity contribution in [3.63, 3.8) is 0 Å². The third-order valence-electron chi connectivity index (χ3n) is 5.45. The first-order valence-corrected chi connectivity index (χ1v) is 11.0. The van der Waals surface area contributed by atoms with Gasteiger partial charge in [0, 0.05) is 39.5 Å². The van der Waals surface area contributed by atoms with Crippen LogP contribution >= 0.6 is 23.2 Å². The maximum absolute atomic E-state index is 13.2. The second kappa shape index (κ2) is 8.70. The van der Waals surface area contributed by atoms with E-state index in [0.717, 1.165) is 22.6 Å². The van der Waals surface area contributed by atoms with E-state index in [2.05, 4.69) is 4.98 Å². The number of hydrogen-bond donors (Lipinski definition) is 0. The zero-order valence-electron chi connectivity index (χ0n) is 17.3. The van der Waals surface area contributed by atoms with Gasteiger partial charge in [0.2, 0.25) is 0 Å². The Kier molecular flexibility index (Phi) is 5.58. The second-order valence-electron chi connectivity index (χ2n) is 7.58. The number of halogens is 2. The highest BCUT2D eigenvalue weighted by molar-refractivity contribution is 6.31. The van der Waals surface area contributed by atoms with Crippen LogP contribution in [0.25, 0.3) is 0 Å². The molecule has 2 heterocycles. The summed E-state index contributed by atoms with van der Waals surface area (Å²) in [4.78, 5) is 33.4. The number of nitrogens with zero attached hydrogens (tertiary/aromatic N) is 3. The minimum atomic E-state index is -0.326. The zero-order chi connectivity index (χ0) is 22.9. The topological polar surface area (TPSA) is 53.5 Å². The van der Waals surface area contributed by atoms with Crippen LogP contribution in [0.5, 0.6) is 0 Å². The molecule has 0 bridgehead atoms. The van der Waals surface area contributed by atoms with Crippen molar-refractivity contribution < 1.29 is 9.59 Å². The van der Waals surface area contributed by atoms with E-state index in [4.69, 9.17) is 23.2 Å². The molecular formula is C26H17Cl2N3O2. The molecule has 162 valence electrons. The molecule has 1 aromatic heterocycles. The van der Waals surface area contributed by atoms with Crippen LogP contribution in [0, 0.1) is 0 Å². The van der Waals surface area contributed by atoms with Crippen LogP contribution in [0.2, 0.25) is 10.0 Å². The van der Waals surface area contributed by atoms with Gasteiger partial charge in [-0.3, -0.25) is 19.5 Å². The first kappa shape index (κ1) is 21.2. The van der Waals surface area contributed by atoms with Crippen molar-refractivity contribution in [2.24, 2.45) is 0 Å². The lowest BCUT2D eigenvalue weighted by atomic mass is 10.1. The van der Waals surface area contributed by atoms with Crippen molar-refractivity contribution in [3.05, 3.63) is 118 Å². The van der Waals surface area contributed by atoms with Crippen LogP contribution in [-0.4, -0.2) is 21.7 Å². The van der Waals surface area contributed by atoms with E-state index in [1.807, 2.05) is 41.3 Å². The molecule has 5 rings (SSSR count). The fourth-order valence-electron chi connectivity index (χ4n) is 3.86. The summed E-state index contributed by atoms with van der Waals surface area (Å²) in [5.41, 5.74) is 3.99. The summed E-state index contributed by atoms with van der Waals surface area (Å²) in [5.74, 6) is -0.636. The first-order valence-electron chi connectivity index (χ1n) is 10.2. The van der Waals surface area contributed by atoms with Gasteiger partial charge in [-0.05, 0) is 78.4 Å². The number of hydrogen-bond acceptors (Lipinski definition) is 4. The number of aromatic nitrogens is 1. The fourth-order valence-corrected chi connectivity index (χ4v) is 4.12. The number of anilines is 3. The number of amides is 2. The minimum Gasteiger partial charge on any atom is -0.310 e. The summed E-state index contributed by atoms with van der Waals surface area (Å²) in [6.45, 7) is 0.174. The fraction of sp³-hybridized carbons (Fsp3) is 0.0385. The average Bonchev–Trinajstić information content (AvgIpc) is 3.07. The van der Waals surface area contributed by atoms with Crippen molar-refractivity contribution in [1.82, 2.24) is 9.88 Å². The normalized spacial score (nSPS) is 12.7. The van der Waals surface area contributed by atoms with Crippen LogP contribution in [0.1, 0.15) is 26.3 Å². The van der Waals surface area contributed by atoms with Crippen LogP contribution in [-0.2, 0) is 6.54 Å². The molecule has 5 nitrogen and oxygen atoms in total. The summed E-state index contributed by atoms with van der Waals surface area (Å²) in [6, 6.07) is 23.7. The first-order chi connectivity index (χ1) is 16.0. The summed E-state index contributed by atoms with van der Waals surface area (Å²) in [5, 5.41) is 1.24. The van der Waals surface area contributed by atoms with Gasteiger partial charge in [0.05, 0.1) is 17.7 Å². The largest absolute Gasteiger partial charge is 0.310 e.